The third-order valence-corrected chi connectivity index (χ3v) is 8.57. The monoisotopic (exact) mass is 501 g/mol. The van der Waals surface area contributed by atoms with Crippen LogP contribution in [0.2, 0.25) is 0 Å². The van der Waals surface area contributed by atoms with Gasteiger partial charge < -0.3 is 20.4 Å². The lowest BCUT2D eigenvalue weighted by molar-refractivity contribution is 0.0741. The number of carbonyl (C=O) groups excluding carboxylic acids is 1. The summed E-state index contributed by atoms with van der Waals surface area (Å²) >= 11 is 3.29. The van der Waals surface area contributed by atoms with E-state index in [9.17, 15) is 4.79 Å². The first kappa shape index (κ1) is 22.3. The van der Waals surface area contributed by atoms with Gasteiger partial charge >= 0.3 is 0 Å². The largest absolute Gasteiger partial charge is 0.347 e. The number of rotatable bonds is 4. The maximum atomic E-state index is 13.1. The Hall–Kier alpha value is -3.20. The van der Waals surface area contributed by atoms with Gasteiger partial charge in [0, 0.05) is 60.4 Å². The Morgan fingerprint density at radius 3 is 2.80 bits per heavy atom. The van der Waals surface area contributed by atoms with Crippen molar-refractivity contribution < 1.29 is 4.79 Å². The minimum absolute atomic E-state index is 0.119. The van der Waals surface area contributed by atoms with Crippen LogP contribution in [0.5, 0.6) is 0 Å². The number of carbonyl (C=O) groups is 1. The van der Waals surface area contributed by atoms with Crippen LogP contribution in [0.4, 0.5) is 5.69 Å². The van der Waals surface area contributed by atoms with Gasteiger partial charge in [0.25, 0.3) is 5.91 Å². The van der Waals surface area contributed by atoms with E-state index in [0.717, 1.165) is 57.4 Å². The Bertz CT molecular complexity index is 1530. The molecule has 2 aliphatic rings. The van der Waals surface area contributed by atoms with Gasteiger partial charge in [-0.25, -0.2) is 4.99 Å². The molecule has 0 saturated carbocycles. The summed E-state index contributed by atoms with van der Waals surface area (Å²) in [6.07, 6.45) is 1.89. The zero-order chi connectivity index (χ0) is 23.9. The van der Waals surface area contributed by atoms with Crippen molar-refractivity contribution in [2.75, 3.05) is 38.5 Å². The summed E-state index contributed by atoms with van der Waals surface area (Å²) in [6.45, 7) is 5.36. The molecule has 0 bridgehead atoms. The molecular formula is C27H27N5OS2. The van der Waals surface area contributed by atoms with E-state index in [-0.39, 0.29) is 12.2 Å². The number of anilines is 1. The van der Waals surface area contributed by atoms with E-state index in [2.05, 4.69) is 75.8 Å². The van der Waals surface area contributed by atoms with Crippen molar-refractivity contribution >= 4 is 50.6 Å². The van der Waals surface area contributed by atoms with Gasteiger partial charge in [0.2, 0.25) is 0 Å². The van der Waals surface area contributed by atoms with E-state index >= 15 is 0 Å². The van der Waals surface area contributed by atoms with E-state index in [1.165, 1.54) is 16.7 Å². The fraction of sp³-hybridized carbons (Fsp3) is 0.259. The average molecular weight is 502 g/mol. The molecular weight excluding hydrogens is 474 g/mol. The molecule has 1 fully saturated rings. The average Bonchev–Trinajstić information content (AvgIpc) is 3.51. The molecule has 1 amide bonds. The lowest BCUT2D eigenvalue weighted by Crippen LogP contribution is -2.46. The number of nitrogens with one attached hydrogen (secondary N) is 2. The number of thiophene rings is 2. The van der Waals surface area contributed by atoms with Crippen molar-refractivity contribution in [3.63, 3.8) is 0 Å². The number of benzene rings is 2. The second-order valence-electron chi connectivity index (χ2n) is 9.06. The second-order valence-corrected chi connectivity index (χ2v) is 10.9. The highest BCUT2D eigenvalue weighted by Crippen LogP contribution is 2.29. The molecule has 1 unspecified atom stereocenters. The standard InChI is InChI=1S/C27H27N5OS2/c1-17-15-34-16-22(17)18-4-3-5-20(12-18)29-27-30-25-19(14-31(27)2)6-7-23-21(25)13-24(35-23)26(33)32-10-8-28-9-11-32/h3-7,12-16,27-29H,8-11H2,1-2H3. The fourth-order valence-corrected chi connectivity index (χ4v) is 6.60. The number of fused-ring (bicyclic) bond motifs is 3. The molecule has 8 heteroatoms. The summed E-state index contributed by atoms with van der Waals surface area (Å²) in [5, 5.41) is 14.3. The van der Waals surface area contributed by atoms with Gasteiger partial charge in [0.1, 0.15) is 0 Å². The van der Waals surface area contributed by atoms with Crippen LogP contribution < -0.4 is 21.2 Å². The number of piperazine rings is 1. The van der Waals surface area contributed by atoms with Crippen LogP contribution in [0.25, 0.3) is 27.4 Å². The molecule has 2 aromatic carbocycles. The highest BCUT2D eigenvalue weighted by atomic mass is 32.1. The van der Waals surface area contributed by atoms with E-state index < -0.39 is 0 Å². The van der Waals surface area contributed by atoms with Crippen LogP contribution in [0.1, 0.15) is 15.2 Å². The van der Waals surface area contributed by atoms with Crippen molar-refractivity contribution in [3.05, 3.63) is 74.2 Å². The predicted octanol–water partition coefficient (Wildman–Crippen LogP) is 3.68. The first-order valence-corrected chi connectivity index (χ1v) is 13.6. The normalized spacial score (nSPS) is 17.6. The Morgan fingerprint density at radius 1 is 1.14 bits per heavy atom. The van der Waals surface area contributed by atoms with Gasteiger partial charge in [-0.05, 0) is 64.7 Å². The molecule has 4 aromatic rings. The van der Waals surface area contributed by atoms with E-state index in [0.29, 0.717) is 0 Å². The Balaban J connectivity index is 1.34. The summed E-state index contributed by atoms with van der Waals surface area (Å²) in [4.78, 5) is 23.0. The van der Waals surface area contributed by atoms with Gasteiger partial charge in [-0.1, -0.05) is 12.1 Å². The molecule has 1 saturated heterocycles. The molecule has 4 heterocycles. The minimum atomic E-state index is -0.237. The topological polar surface area (TPSA) is 60.0 Å². The van der Waals surface area contributed by atoms with Gasteiger partial charge in [0.05, 0.1) is 10.2 Å². The Labute approximate surface area is 212 Å². The number of amides is 1. The summed E-state index contributed by atoms with van der Waals surface area (Å²) < 4.78 is 1.10. The van der Waals surface area contributed by atoms with Crippen molar-refractivity contribution in [2.45, 2.75) is 13.2 Å². The van der Waals surface area contributed by atoms with Crippen molar-refractivity contribution in [2.24, 2.45) is 4.99 Å². The summed E-state index contributed by atoms with van der Waals surface area (Å²) in [5.74, 6) is 0.119. The molecule has 1 atom stereocenters. The zero-order valence-electron chi connectivity index (χ0n) is 19.7. The molecule has 2 N–H and O–H groups in total. The Morgan fingerprint density at radius 2 is 2.00 bits per heavy atom. The molecule has 0 aliphatic carbocycles. The lowest BCUT2D eigenvalue weighted by atomic mass is 10.1. The first-order chi connectivity index (χ1) is 17.1. The van der Waals surface area contributed by atoms with Crippen molar-refractivity contribution in [3.8, 4) is 11.1 Å². The van der Waals surface area contributed by atoms with Gasteiger partial charge in [-0.15, -0.1) is 11.3 Å². The van der Waals surface area contributed by atoms with Gasteiger partial charge in [0.15, 0.2) is 6.29 Å². The number of hydrogen-bond acceptors (Lipinski definition) is 7. The zero-order valence-corrected chi connectivity index (χ0v) is 21.4. The molecule has 0 radical (unpaired) electrons. The molecule has 2 aliphatic heterocycles. The van der Waals surface area contributed by atoms with Crippen molar-refractivity contribution in [1.82, 2.24) is 15.1 Å². The van der Waals surface area contributed by atoms with Crippen molar-refractivity contribution in [1.29, 1.82) is 0 Å². The summed E-state index contributed by atoms with van der Waals surface area (Å²) in [7, 11) is 2.04. The smallest absolute Gasteiger partial charge is 0.264 e. The fourth-order valence-electron chi connectivity index (χ4n) is 4.71. The van der Waals surface area contributed by atoms with Crippen LogP contribution in [0.3, 0.4) is 0 Å². The lowest BCUT2D eigenvalue weighted by Gasteiger charge is -2.27. The summed E-state index contributed by atoms with van der Waals surface area (Å²) in [6, 6.07) is 14.7. The molecule has 35 heavy (non-hydrogen) atoms. The SMILES string of the molecule is Cc1cscc1-c1cccc(NC2N=c3c(ccc4sc(C(=O)N5CCNCC5)cc34)=CN2C)c1. The Kier molecular flexibility index (Phi) is 5.80. The van der Waals surface area contributed by atoms with E-state index in [4.69, 9.17) is 4.99 Å². The van der Waals surface area contributed by atoms with E-state index in [1.54, 1.807) is 22.7 Å². The number of nitrogens with zero attached hydrogens (tertiary/aromatic N) is 3. The predicted molar refractivity (Wildman–Crippen MR) is 146 cm³/mol. The third kappa shape index (κ3) is 4.22. The van der Waals surface area contributed by atoms with Crippen LogP contribution in [0, 0.1) is 6.92 Å². The summed E-state index contributed by atoms with van der Waals surface area (Å²) in [5.41, 5.74) is 4.79. The minimum Gasteiger partial charge on any atom is -0.347 e. The molecule has 178 valence electrons. The molecule has 6 rings (SSSR count). The first-order valence-electron chi connectivity index (χ1n) is 11.8. The van der Waals surface area contributed by atoms with Crippen LogP contribution in [-0.4, -0.2) is 55.2 Å². The maximum absolute atomic E-state index is 13.1. The van der Waals surface area contributed by atoms with Crippen LogP contribution >= 0.6 is 22.7 Å². The van der Waals surface area contributed by atoms with Gasteiger partial charge in [-0.3, -0.25) is 4.79 Å². The quantitative estimate of drug-likeness (QED) is 0.448. The number of hydrogen-bond donors (Lipinski definition) is 2. The van der Waals surface area contributed by atoms with E-state index in [1.807, 2.05) is 18.0 Å². The maximum Gasteiger partial charge on any atom is 0.264 e. The third-order valence-electron chi connectivity index (χ3n) is 6.62. The number of aryl methyl sites for hydroxylation is 1. The molecule has 6 nitrogen and oxygen atoms in total. The van der Waals surface area contributed by atoms with Crippen LogP contribution in [-0.2, 0) is 0 Å². The highest BCUT2D eigenvalue weighted by Gasteiger charge is 2.22. The highest BCUT2D eigenvalue weighted by molar-refractivity contribution is 7.20. The van der Waals surface area contributed by atoms with Gasteiger partial charge in [-0.2, -0.15) is 11.3 Å². The second kappa shape index (κ2) is 9.11. The molecule has 0 spiro atoms. The molecule has 2 aromatic heterocycles. The van der Waals surface area contributed by atoms with Crippen LogP contribution in [0.15, 0.2) is 58.2 Å².